The van der Waals surface area contributed by atoms with Crippen molar-refractivity contribution in [1.82, 2.24) is 9.30 Å². The summed E-state index contributed by atoms with van der Waals surface area (Å²) in [5.74, 6) is 0.862. The van der Waals surface area contributed by atoms with Crippen molar-refractivity contribution in [2.24, 2.45) is 0 Å². The zero-order valence-electron chi connectivity index (χ0n) is 14.6. The van der Waals surface area contributed by atoms with Crippen LogP contribution >= 0.6 is 11.3 Å². The number of rotatable bonds is 3. The second-order valence-corrected chi connectivity index (χ2v) is 7.70. The fourth-order valence-electron chi connectivity index (χ4n) is 3.61. The molecule has 0 saturated carbocycles. The van der Waals surface area contributed by atoms with Crippen LogP contribution in [0.25, 0.3) is 10.2 Å². The van der Waals surface area contributed by atoms with Gasteiger partial charge >= 0.3 is 5.69 Å². The van der Waals surface area contributed by atoms with Crippen LogP contribution in [0, 0.1) is 0 Å². The van der Waals surface area contributed by atoms with Gasteiger partial charge in [0.2, 0.25) is 0 Å². The molecule has 26 heavy (non-hydrogen) atoms. The Hall–Kier alpha value is -2.54. The highest BCUT2D eigenvalue weighted by Crippen LogP contribution is 2.33. The second-order valence-electron chi connectivity index (χ2n) is 6.62. The molecule has 0 saturated heterocycles. The van der Waals surface area contributed by atoms with E-state index in [1.165, 1.54) is 20.8 Å². The Balaban J connectivity index is 1.90. The summed E-state index contributed by atoms with van der Waals surface area (Å²) in [6.45, 7) is 0.305. The van der Waals surface area contributed by atoms with Crippen LogP contribution in [0.15, 0.2) is 33.9 Å². The normalized spacial score (nSPS) is 14.2. The Morgan fingerprint density at radius 3 is 2.58 bits per heavy atom. The third kappa shape index (κ3) is 2.72. The van der Waals surface area contributed by atoms with Crippen molar-refractivity contribution < 1.29 is 9.94 Å². The van der Waals surface area contributed by atoms with E-state index >= 15 is 0 Å². The van der Waals surface area contributed by atoms with E-state index in [9.17, 15) is 14.8 Å². The summed E-state index contributed by atoms with van der Waals surface area (Å²) in [4.78, 5) is 27.0. The van der Waals surface area contributed by atoms with Gasteiger partial charge in [-0.2, -0.15) is 0 Å². The van der Waals surface area contributed by atoms with Gasteiger partial charge in [0.25, 0.3) is 11.3 Å². The van der Waals surface area contributed by atoms with E-state index in [2.05, 4.69) is 4.74 Å². The first-order chi connectivity index (χ1) is 12.6. The molecular weight excluding hydrogens is 352 g/mol. The topological polar surface area (TPSA) is 77.0 Å². The second kappa shape index (κ2) is 6.64. The summed E-state index contributed by atoms with van der Waals surface area (Å²) in [7, 11) is 1.73. The molecular formula is C19H21N2O4S+. The number of hydrogen-bond donors (Lipinski definition) is 1. The number of thiophene rings is 1. The molecule has 0 atom stereocenters. The van der Waals surface area contributed by atoms with Crippen LogP contribution in [0.1, 0.15) is 35.3 Å². The predicted molar refractivity (Wildman–Crippen MR) is 102 cm³/mol. The standard InChI is InChI=1S/C19H20N2O4S/c1-25-13-9-7-12(8-10-13)11-20-18-16(17(22)21(24)19(20)23)14-5-3-2-4-6-15(14)26-18/h7-10,24H,2-6,11H2,1H3/p+1. The Morgan fingerprint density at radius 1 is 1.12 bits per heavy atom. The van der Waals surface area contributed by atoms with Gasteiger partial charge in [-0.1, -0.05) is 11.2 Å². The smallest absolute Gasteiger partial charge is 0.365 e. The third-order valence-electron chi connectivity index (χ3n) is 5.00. The Bertz CT molecular complexity index is 1080. The highest BCUT2D eigenvalue weighted by molar-refractivity contribution is 7.18. The van der Waals surface area contributed by atoms with Crippen LogP contribution in [0.4, 0.5) is 0 Å². The largest absolute Gasteiger partial charge is 0.585 e. The molecule has 1 aliphatic carbocycles. The first-order valence-corrected chi connectivity index (χ1v) is 9.60. The molecule has 0 aliphatic heterocycles. The first-order valence-electron chi connectivity index (χ1n) is 8.78. The van der Waals surface area contributed by atoms with E-state index in [1.807, 2.05) is 24.3 Å². The molecule has 0 unspecified atom stereocenters. The van der Waals surface area contributed by atoms with Crippen molar-refractivity contribution in [1.29, 1.82) is 0 Å². The number of hydrogen-bond acceptors (Lipinski definition) is 4. The van der Waals surface area contributed by atoms with Gasteiger partial charge in [-0.25, -0.2) is 4.79 Å². The minimum absolute atomic E-state index is 0.260. The van der Waals surface area contributed by atoms with E-state index < -0.39 is 11.2 Å². The van der Waals surface area contributed by atoms with Crippen LogP contribution in [0.3, 0.4) is 0 Å². The van der Waals surface area contributed by atoms with Gasteiger partial charge in [-0.3, -0.25) is 9.36 Å². The minimum Gasteiger partial charge on any atom is -0.585 e. The number of ether oxygens (including phenoxy) is 1. The lowest BCUT2D eigenvalue weighted by Gasteiger charge is -2.09. The summed E-state index contributed by atoms with van der Waals surface area (Å²) in [6.07, 6.45) is 5.03. The number of benzene rings is 1. The lowest BCUT2D eigenvalue weighted by molar-refractivity contribution is 0.136. The van der Waals surface area contributed by atoms with Gasteiger partial charge in [0.15, 0.2) is 7.11 Å². The fourth-order valence-corrected chi connectivity index (χ4v) is 4.98. The van der Waals surface area contributed by atoms with Gasteiger partial charge in [-0.05, 0) is 48.9 Å². The monoisotopic (exact) mass is 373 g/mol. The molecule has 3 aromatic rings. The van der Waals surface area contributed by atoms with Gasteiger partial charge in [0.1, 0.15) is 4.83 Å². The maximum atomic E-state index is 12.6. The quantitative estimate of drug-likeness (QED) is 0.436. The lowest BCUT2D eigenvalue weighted by Crippen LogP contribution is -2.38. The molecule has 0 fully saturated rings. The maximum Gasteiger partial charge on any atom is 0.365 e. The molecule has 4 rings (SSSR count). The molecule has 0 bridgehead atoms. The Labute approximate surface area is 153 Å². The lowest BCUT2D eigenvalue weighted by atomic mass is 10.1. The summed E-state index contributed by atoms with van der Waals surface area (Å²) >= 11 is 1.52. The van der Waals surface area contributed by atoms with Gasteiger partial charge < -0.3 is 9.94 Å². The van der Waals surface area contributed by atoms with Crippen molar-refractivity contribution in [3.8, 4) is 5.75 Å². The minimum atomic E-state index is -0.692. The highest BCUT2D eigenvalue weighted by Gasteiger charge is 2.23. The number of aromatic hydroxyl groups is 1. The van der Waals surface area contributed by atoms with Crippen molar-refractivity contribution in [3.05, 3.63) is 61.1 Å². The van der Waals surface area contributed by atoms with Crippen LogP contribution in [0.2, 0.25) is 0 Å². The third-order valence-corrected chi connectivity index (χ3v) is 6.32. The summed E-state index contributed by atoms with van der Waals surface area (Å²) in [6, 6.07) is 7.59. The van der Waals surface area contributed by atoms with Crippen LogP contribution in [0.5, 0.6) is 5.75 Å². The number of aliphatic hydroxyl groups is 1. The molecule has 1 aromatic carbocycles. The maximum absolute atomic E-state index is 12.6. The number of aromatic nitrogens is 2. The molecule has 136 valence electrons. The SMILES string of the molecule is C[OH+]c1ccc(Cn2c(=O)n(O)c(=O)c3c4c(sc32)CCCCC4)cc1. The van der Waals surface area contributed by atoms with Crippen LogP contribution in [-0.2, 0) is 19.4 Å². The highest BCUT2D eigenvalue weighted by atomic mass is 32.1. The molecule has 0 radical (unpaired) electrons. The molecule has 2 heterocycles. The predicted octanol–water partition coefficient (Wildman–Crippen LogP) is 2.65. The number of aryl methyl sites for hydroxylation is 2. The Kier molecular flexibility index (Phi) is 4.32. The summed E-state index contributed by atoms with van der Waals surface area (Å²) in [5, 5.41) is 10.6. The average molecular weight is 373 g/mol. The zero-order valence-corrected chi connectivity index (χ0v) is 15.4. The van der Waals surface area contributed by atoms with Crippen molar-refractivity contribution in [2.75, 3.05) is 7.11 Å². The van der Waals surface area contributed by atoms with Gasteiger partial charge in [-0.15, -0.1) is 11.3 Å². The number of nitrogens with zero attached hydrogens (tertiary/aromatic N) is 2. The van der Waals surface area contributed by atoms with E-state index in [0.717, 1.165) is 49.0 Å². The fraction of sp³-hybridized carbons (Fsp3) is 0.368. The molecule has 0 amide bonds. The van der Waals surface area contributed by atoms with Crippen LogP contribution in [-0.4, -0.2) is 26.4 Å². The average Bonchev–Trinajstić information content (AvgIpc) is 2.86. The van der Waals surface area contributed by atoms with E-state index in [4.69, 9.17) is 0 Å². The molecule has 2 aromatic heterocycles. The summed E-state index contributed by atoms with van der Waals surface area (Å²) < 4.78 is 5.88. The van der Waals surface area contributed by atoms with E-state index in [1.54, 1.807) is 7.11 Å². The van der Waals surface area contributed by atoms with Crippen molar-refractivity contribution >= 4 is 21.6 Å². The molecule has 7 heteroatoms. The summed E-state index contributed by atoms with van der Waals surface area (Å²) in [5.41, 5.74) is 0.649. The van der Waals surface area contributed by atoms with E-state index in [0.29, 0.717) is 16.8 Å². The Morgan fingerprint density at radius 2 is 1.85 bits per heavy atom. The van der Waals surface area contributed by atoms with Gasteiger partial charge in [0, 0.05) is 17.0 Å². The molecule has 1 aliphatic rings. The van der Waals surface area contributed by atoms with E-state index in [-0.39, 0.29) is 4.73 Å². The molecule has 6 nitrogen and oxygen atoms in total. The molecule has 0 spiro atoms. The molecule has 2 N–H and O–H groups in total. The van der Waals surface area contributed by atoms with Crippen molar-refractivity contribution in [2.45, 2.75) is 38.6 Å². The zero-order chi connectivity index (χ0) is 18.3. The van der Waals surface area contributed by atoms with Crippen LogP contribution < -0.4 is 11.2 Å². The first kappa shape index (κ1) is 16.9. The number of fused-ring (bicyclic) bond motifs is 3. The van der Waals surface area contributed by atoms with Gasteiger partial charge in [0.05, 0.1) is 11.9 Å². The van der Waals surface area contributed by atoms with Crippen molar-refractivity contribution in [3.63, 3.8) is 0 Å².